The first-order valence-electron chi connectivity index (χ1n) is 5.04. The number of rotatable bonds is 2. The Morgan fingerprint density at radius 3 is 2.81 bits per heavy atom. The molecule has 0 atom stereocenters. The lowest BCUT2D eigenvalue weighted by atomic mass is 10.2. The fourth-order valence-electron chi connectivity index (χ4n) is 1.07. The zero-order valence-corrected chi connectivity index (χ0v) is 9.78. The van der Waals surface area contributed by atoms with Gasteiger partial charge in [-0.3, -0.25) is 4.98 Å². The SMILES string of the molecule is CC(C)(C)OC(=O)NCc1cc(N)ccn1. The molecule has 5 heteroatoms. The van der Waals surface area contributed by atoms with E-state index in [1.165, 1.54) is 0 Å². The van der Waals surface area contributed by atoms with Gasteiger partial charge in [0, 0.05) is 11.9 Å². The van der Waals surface area contributed by atoms with E-state index in [0.29, 0.717) is 17.9 Å². The average molecular weight is 223 g/mol. The van der Waals surface area contributed by atoms with Crippen molar-refractivity contribution >= 4 is 11.8 Å². The van der Waals surface area contributed by atoms with Crippen LogP contribution in [-0.2, 0) is 11.3 Å². The highest BCUT2D eigenvalue weighted by atomic mass is 16.6. The maximum absolute atomic E-state index is 11.3. The number of hydrogen-bond donors (Lipinski definition) is 2. The number of nitrogens with two attached hydrogens (primary N) is 1. The van der Waals surface area contributed by atoms with Crippen LogP contribution in [0.5, 0.6) is 0 Å². The lowest BCUT2D eigenvalue weighted by Gasteiger charge is -2.19. The molecule has 0 spiro atoms. The number of alkyl carbamates (subject to hydrolysis) is 1. The fourth-order valence-corrected chi connectivity index (χ4v) is 1.07. The molecule has 0 saturated heterocycles. The molecule has 16 heavy (non-hydrogen) atoms. The van der Waals surface area contributed by atoms with E-state index in [9.17, 15) is 4.79 Å². The molecule has 1 heterocycles. The molecule has 0 unspecified atom stereocenters. The molecule has 1 aromatic heterocycles. The molecule has 0 bridgehead atoms. The van der Waals surface area contributed by atoms with Gasteiger partial charge in [0.15, 0.2) is 0 Å². The van der Waals surface area contributed by atoms with Crippen molar-refractivity contribution in [3.05, 3.63) is 24.0 Å². The van der Waals surface area contributed by atoms with E-state index >= 15 is 0 Å². The van der Waals surface area contributed by atoms with E-state index in [1.807, 2.05) is 20.8 Å². The van der Waals surface area contributed by atoms with E-state index in [-0.39, 0.29) is 0 Å². The number of nitrogen functional groups attached to an aromatic ring is 1. The van der Waals surface area contributed by atoms with Crippen LogP contribution in [0, 0.1) is 0 Å². The Morgan fingerprint density at radius 2 is 2.25 bits per heavy atom. The van der Waals surface area contributed by atoms with Gasteiger partial charge < -0.3 is 15.8 Å². The molecule has 0 aliphatic rings. The van der Waals surface area contributed by atoms with Crippen molar-refractivity contribution in [3.63, 3.8) is 0 Å². The predicted octanol–water partition coefficient (Wildman–Crippen LogP) is 1.69. The Labute approximate surface area is 95.0 Å². The van der Waals surface area contributed by atoms with Gasteiger partial charge in [0.25, 0.3) is 0 Å². The molecule has 0 aliphatic carbocycles. The van der Waals surface area contributed by atoms with Gasteiger partial charge in [-0.25, -0.2) is 4.79 Å². The van der Waals surface area contributed by atoms with Gasteiger partial charge >= 0.3 is 6.09 Å². The highest BCUT2D eigenvalue weighted by Gasteiger charge is 2.15. The summed E-state index contributed by atoms with van der Waals surface area (Å²) in [5, 5.41) is 2.60. The number of pyridine rings is 1. The number of aromatic nitrogens is 1. The standard InChI is InChI=1S/C11H17N3O2/c1-11(2,3)16-10(15)14-7-9-6-8(12)4-5-13-9/h4-6H,7H2,1-3H3,(H2,12,13)(H,14,15). The zero-order chi connectivity index (χ0) is 12.2. The Morgan fingerprint density at radius 1 is 1.56 bits per heavy atom. The van der Waals surface area contributed by atoms with Crippen LogP contribution in [0.1, 0.15) is 26.5 Å². The van der Waals surface area contributed by atoms with Crippen molar-refractivity contribution < 1.29 is 9.53 Å². The molecular weight excluding hydrogens is 206 g/mol. The molecule has 5 nitrogen and oxygen atoms in total. The Bertz CT molecular complexity index is 372. The first kappa shape index (κ1) is 12.3. The number of nitrogens with zero attached hydrogens (tertiary/aromatic N) is 1. The summed E-state index contributed by atoms with van der Waals surface area (Å²) < 4.78 is 5.08. The molecule has 0 radical (unpaired) electrons. The zero-order valence-electron chi connectivity index (χ0n) is 9.78. The van der Waals surface area contributed by atoms with Gasteiger partial charge in [-0.15, -0.1) is 0 Å². The minimum Gasteiger partial charge on any atom is -0.444 e. The maximum Gasteiger partial charge on any atom is 0.407 e. The summed E-state index contributed by atoms with van der Waals surface area (Å²) in [5.74, 6) is 0. The van der Waals surface area contributed by atoms with Crippen LogP contribution in [-0.4, -0.2) is 16.7 Å². The van der Waals surface area contributed by atoms with Crippen LogP contribution >= 0.6 is 0 Å². The summed E-state index contributed by atoms with van der Waals surface area (Å²) >= 11 is 0. The van der Waals surface area contributed by atoms with Crippen molar-refractivity contribution in [3.8, 4) is 0 Å². The smallest absolute Gasteiger partial charge is 0.407 e. The molecular formula is C11H17N3O2. The van der Waals surface area contributed by atoms with Gasteiger partial charge in [-0.2, -0.15) is 0 Å². The molecule has 0 fully saturated rings. The number of anilines is 1. The molecule has 1 amide bonds. The summed E-state index contributed by atoms with van der Waals surface area (Å²) in [5.41, 5.74) is 6.41. The summed E-state index contributed by atoms with van der Waals surface area (Å²) in [6, 6.07) is 3.40. The van der Waals surface area contributed by atoms with Crippen LogP contribution < -0.4 is 11.1 Å². The van der Waals surface area contributed by atoms with Crippen LogP contribution in [0.4, 0.5) is 10.5 Å². The Balaban J connectivity index is 2.43. The topological polar surface area (TPSA) is 77.2 Å². The van der Waals surface area contributed by atoms with Gasteiger partial charge in [0.2, 0.25) is 0 Å². The average Bonchev–Trinajstić information content (AvgIpc) is 2.12. The Kier molecular flexibility index (Phi) is 3.71. The molecule has 0 saturated carbocycles. The second-order valence-corrected chi connectivity index (χ2v) is 4.44. The van der Waals surface area contributed by atoms with E-state index in [4.69, 9.17) is 10.5 Å². The monoisotopic (exact) mass is 223 g/mol. The van der Waals surface area contributed by atoms with Gasteiger partial charge in [0.05, 0.1) is 12.2 Å². The highest BCUT2D eigenvalue weighted by molar-refractivity contribution is 5.67. The minimum atomic E-state index is -0.493. The third kappa shape index (κ3) is 4.63. The lowest BCUT2D eigenvalue weighted by molar-refractivity contribution is 0.0523. The van der Waals surface area contributed by atoms with E-state index in [2.05, 4.69) is 10.3 Å². The second-order valence-electron chi connectivity index (χ2n) is 4.44. The van der Waals surface area contributed by atoms with Crippen LogP contribution in [0.25, 0.3) is 0 Å². The molecule has 0 aliphatic heterocycles. The summed E-state index contributed by atoms with van der Waals surface area (Å²) in [6.45, 7) is 5.74. The summed E-state index contributed by atoms with van der Waals surface area (Å²) in [7, 11) is 0. The normalized spacial score (nSPS) is 10.9. The number of nitrogens with one attached hydrogen (secondary N) is 1. The third-order valence-corrected chi connectivity index (χ3v) is 1.65. The van der Waals surface area contributed by atoms with Gasteiger partial charge in [0.1, 0.15) is 5.60 Å². The maximum atomic E-state index is 11.3. The van der Waals surface area contributed by atoms with E-state index < -0.39 is 11.7 Å². The molecule has 0 aromatic carbocycles. The van der Waals surface area contributed by atoms with Crippen LogP contribution in [0.2, 0.25) is 0 Å². The largest absolute Gasteiger partial charge is 0.444 e. The first-order chi connectivity index (χ1) is 7.37. The molecule has 3 N–H and O–H groups in total. The number of ether oxygens (including phenoxy) is 1. The predicted molar refractivity (Wildman–Crippen MR) is 61.7 cm³/mol. The van der Waals surface area contributed by atoms with Crippen LogP contribution in [0.3, 0.4) is 0 Å². The van der Waals surface area contributed by atoms with Crippen molar-refractivity contribution in [2.45, 2.75) is 32.9 Å². The van der Waals surface area contributed by atoms with E-state index in [1.54, 1.807) is 18.3 Å². The quantitative estimate of drug-likeness (QED) is 0.799. The molecule has 1 rings (SSSR count). The van der Waals surface area contributed by atoms with Crippen molar-refractivity contribution in [1.29, 1.82) is 0 Å². The number of carbonyl (C=O) groups is 1. The second kappa shape index (κ2) is 4.83. The van der Waals surface area contributed by atoms with E-state index in [0.717, 1.165) is 0 Å². The Hall–Kier alpha value is -1.78. The van der Waals surface area contributed by atoms with Crippen LogP contribution in [0.15, 0.2) is 18.3 Å². The van der Waals surface area contributed by atoms with Gasteiger partial charge in [-0.1, -0.05) is 0 Å². The van der Waals surface area contributed by atoms with Gasteiger partial charge in [-0.05, 0) is 32.9 Å². The number of carbonyl (C=O) groups excluding carboxylic acids is 1. The highest BCUT2D eigenvalue weighted by Crippen LogP contribution is 2.07. The number of hydrogen-bond acceptors (Lipinski definition) is 4. The lowest BCUT2D eigenvalue weighted by Crippen LogP contribution is -2.32. The summed E-state index contributed by atoms with van der Waals surface area (Å²) in [4.78, 5) is 15.4. The third-order valence-electron chi connectivity index (χ3n) is 1.65. The molecule has 1 aromatic rings. The minimum absolute atomic E-state index is 0.306. The van der Waals surface area contributed by atoms with Crippen molar-refractivity contribution in [2.24, 2.45) is 0 Å². The number of amides is 1. The van der Waals surface area contributed by atoms with Crippen molar-refractivity contribution in [2.75, 3.05) is 5.73 Å². The first-order valence-corrected chi connectivity index (χ1v) is 5.04. The van der Waals surface area contributed by atoms with Crippen molar-refractivity contribution in [1.82, 2.24) is 10.3 Å². The summed E-state index contributed by atoms with van der Waals surface area (Å²) in [6.07, 6.45) is 1.14. The molecule has 88 valence electrons. The fraction of sp³-hybridized carbons (Fsp3) is 0.455.